The van der Waals surface area contributed by atoms with Gasteiger partial charge in [0.2, 0.25) is 0 Å². The Bertz CT molecular complexity index is 522. The smallest absolute Gasteiger partial charge is 0.164 e. The van der Waals surface area contributed by atoms with Crippen molar-refractivity contribution in [2.24, 2.45) is 0 Å². The van der Waals surface area contributed by atoms with Gasteiger partial charge in [-0.15, -0.1) is 0 Å². The lowest BCUT2D eigenvalue weighted by molar-refractivity contribution is 0.0988. The minimum absolute atomic E-state index is 0.0219. The van der Waals surface area contributed by atoms with E-state index in [9.17, 15) is 9.18 Å². The predicted octanol–water partition coefficient (Wildman–Crippen LogP) is 2.97. The standard InChI is InChI=1S/C12H10FNO/c1-2-11(15)9-6-8-4-3-5-10(13)12(8)14-7-9/h3-7H,2H2,1H3. The summed E-state index contributed by atoms with van der Waals surface area (Å²) in [6, 6.07) is 6.39. The van der Waals surface area contributed by atoms with E-state index in [0.717, 1.165) is 0 Å². The average Bonchev–Trinajstić information content (AvgIpc) is 2.28. The molecular formula is C12H10FNO. The van der Waals surface area contributed by atoms with Crippen molar-refractivity contribution >= 4 is 16.7 Å². The maximum Gasteiger partial charge on any atom is 0.164 e. The van der Waals surface area contributed by atoms with E-state index in [1.807, 2.05) is 0 Å². The van der Waals surface area contributed by atoms with Crippen molar-refractivity contribution in [3.8, 4) is 0 Å². The van der Waals surface area contributed by atoms with E-state index in [2.05, 4.69) is 4.98 Å². The lowest BCUT2D eigenvalue weighted by Crippen LogP contribution is -1.97. The molecule has 1 aromatic carbocycles. The molecule has 2 aromatic rings. The Morgan fingerprint density at radius 1 is 1.47 bits per heavy atom. The Labute approximate surface area is 86.8 Å². The molecule has 3 heteroatoms. The van der Waals surface area contributed by atoms with E-state index in [-0.39, 0.29) is 11.6 Å². The third-order valence-corrected chi connectivity index (χ3v) is 2.30. The zero-order chi connectivity index (χ0) is 10.8. The monoisotopic (exact) mass is 203 g/mol. The molecule has 15 heavy (non-hydrogen) atoms. The number of rotatable bonds is 2. The number of hydrogen-bond donors (Lipinski definition) is 0. The van der Waals surface area contributed by atoms with E-state index in [0.29, 0.717) is 22.9 Å². The molecule has 2 nitrogen and oxygen atoms in total. The minimum atomic E-state index is -0.358. The van der Waals surface area contributed by atoms with Crippen LogP contribution in [-0.2, 0) is 0 Å². The highest BCUT2D eigenvalue weighted by Crippen LogP contribution is 2.16. The van der Waals surface area contributed by atoms with Crippen LogP contribution in [0.4, 0.5) is 4.39 Å². The number of hydrogen-bond acceptors (Lipinski definition) is 2. The number of halogens is 1. The molecule has 0 spiro atoms. The maximum atomic E-state index is 13.3. The Kier molecular flexibility index (Phi) is 2.46. The predicted molar refractivity (Wildman–Crippen MR) is 56.3 cm³/mol. The quantitative estimate of drug-likeness (QED) is 0.702. The van der Waals surface area contributed by atoms with Crippen LogP contribution in [0.1, 0.15) is 23.7 Å². The second kappa shape index (κ2) is 3.77. The van der Waals surface area contributed by atoms with E-state index < -0.39 is 0 Å². The number of fused-ring (bicyclic) bond motifs is 1. The molecule has 0 amide bonds. The molecule has 0 saturated heterocycles. The third kappa shape index (κ3) is 1.73. The van der Waals surface area contributed by atoms with Crippen molar-refractivity contribution < 1.29 is 9.18 Å². The van der Waals surface area contributed by atoms with Crippen molar-refractivity contribution in [3.63, 3.8) is 0 Å². The molecule has 0 N–H and O–H groups in total. The zero-order valence-corrected chi connectivity index (χ0v) is 8.33. The molecule has 0 aliphatic rings. The summed E-state index contributed by atoms with van der Waals surface area (Å²) in [5.74, 6) is -0.336. The number of pyridine rings is 1. The van der Waals surface area contributed by atoms with Crippen molar-refractivity contribution in [3.05, 3.63) is 41.8 Å². The fourth-order valence-corrected chi connectivity index (χ4v) is 1.48. The highest BCUT2D eigenvalue weighted by Gasteiger charge is 2.06. The molecule has 0 aliphatic carbocycles. The maximum absolute atomic E-state index is 13.3. The van der Waals surface area contributed by atoms with Crippen LogP contribution in [0.25, 0.3) is 10.9 Å². The van der Waals surface area contributed by atoms with Crippen LogP contribution in [-0.4, -0.2) is 10.8 Å². The van der Waals surface area contributed by atoms with Crippen LogP contribution in [0.15, 0.2) is 30.5 Å². The number of Topliss-reactive ketones (excluding diaryl/α,β-unsaturated/α-hetero) is 1. The van der Waals surface area contributed by atoms with Gasteiger partial charge in [-0.2, -0.15) is 0 Å². The summed E-state index contributed by atoms with van der Waals surface area (Å²) in [7, 11) is 0. The lowest BCUT2D eigenvalue weighted by atomic mass is 10.1. The number of carbonyl (C=O) groups is 1. The van der Waals surface area contributed by atoms with Crippen LogP contribution in [0.5, 0.6) is 0 Å². The fourth-order valence-electron chi connectivity index (χ4n) is 1.48. The second-order valence-electron chi connectivity index (χ2n) is 3.31. The number of para-hydroxylation sites is 1. The van der Waals surface area contributed by atoms with Crippen LogP contribution < -0.4 is 0 Å². The first-order valence-electron chi connectivity index (χ1n) is 4.80. The van der Waals surface area contributed by atoms with Gasteiger partial charge in [0.25, 0.3) is 0 Å². The molecule has 0 aliphatic heterocycles. The molecule has 76 valence electrons. The van der Waals surface area contributed by atoms with E-state index in [4.69, 9.17) is 0 Å². The number of ketones is 1. The molecular weight excluding hydrogens is 193 g/mol. The van der Waals surface area contributed by atoms with Crippen LogP contribution in [0.3, 0.4) is 0 Å². The SMILES string of the molecule is CCC(=O)c1cnc2c(F)cccc2c1. The Morgan fingerprint density at radius 3 is 3.00 bits per heavy atom. The van der Waals surface area contributed by atoms with Gasteiger partial charge >= 0.3 is 0 Å². The summed E-state index contributed by atoms with van der Waals surface area (Å²) in [6.45, 7) is 1.79. The Hall–Kier alpha value is -1.77. The Morgan fingerprint density at radius 2 is 2.27 bits per heavy atom. The van der Waals surface area contributed by atoms with Crippen LogP contribution in [0.2, 0.25) is 0 Å². The first-order chi connectivity index (χ1) is 7.22. The highest BCUT2D eigenvalue weighted by atomic mass is 19.1. The summed E-state index contributed by atoms with van der Waals surface area (Å²) in [4.78, 5) is 15.4. The highest BCUT2D eigenvalue weighted by molar-refractivity contribution is 5.98. The largest absolute Gasteiger partial charge is 0.294 e. The van der Waals surface area contributed by atoms with Gasteiger partial charge in [0.15, 0.2) is 5.78 Å². The normalized spacial score (nSPS) is 10.5. The van der Waals surface area contributed by atoms with Crippen LogP contribution >= 0.6 is 0 Å². The number of benzene rings is 1. The molecule has 1 aromatic heterocycles. The van der Waals surface area contributed by atoms with Gasteiger partial charge in [0, 0.05) is 23.6 Å². The Balaban J connectivity index is 2.62. The minimum Gasteiger partial charge on any atom is -0.294 e. The summed E-state index contributed by atoms with van der Waals surface area (Å²) in [5.41, 5.74) is 0.848. The van der Waals surface area contributed by atoms with Gasteiger partial charge in [0.1, 0.15) is 11.3 Å². The molecule has 0 radical (unpaired) electrons. The molecule has 0 unspecified atom stereocenters. The molecule has 0 fully saturated rings. The van der Waals surface area contributed by atoms with Gasteiger partial charge < -0.3 is 0 Å². The van der Waals surface area contributed by atoms with E-state index in [1.54, 1.807) is 25.1 Å². The molecule has 0 atom stereocenters. The lowest BCUT2D eigenvalue weighted by Gasteiger charge is -2.01. The van der Waals surface area contributed by atoms with Crippen molar-refractivity contribution in [2.75, 3.05) is 0 Å². The number of nitrogens with zero attached hydrogens (tertiary/aromatic N) is 1. The topological polar surface area (TPSA) is 30.0 Å². The van der Waals surface area contributed by atoms with Crippen molar-refractivity contribution in [2.45, 2.75) is 13.3 Å². The summed E-state index contributed by atoms with van der Waals surface area (Å²) < 4.78 is 13.3. The fraction of sp³-hybridized carbons (Fsp3) is 0.167. The van der Waals surface area contributed by atoms with E-state index in [1.165, 1.54) is 12.3 Å². The second-order valence-corrected chi connectivity index (χ2v) is 3.31. The summed E-state index contributed by atoms with van der Waals surface area (Å²) in [6.07, 6.45) is 1.86. The average molecular weight is 203 g/mol. The third-order valence-electron chi connectivity index (χ3n) is 2.30. The van der Waals surface area contributed by atoms with Gasteiger partial charge in [0.05, 0.1) is 0 Å². The van der Waals surface area contributed by atoms with Crippen molar-refractivity contribution in [1.29, 1.82) is 0 Å². The molecule has 0 bridgehead atoms. The van der Waals surface area contributed by atoms with Gasteiger partial charge in [-0.3, -0.25) is 9.78 Å². The number of carbonyl (C=O) groups excluding carboxylic acids is 1. The summed E-state index contributed by atoms with van der Waals surface area (Å²) >= 11 is 0. The summed E-state index contributed by atoms with van der Waals surface area (Å²) in [5, 5.41) is 0.661. The van der Waals surface area contributed by atoms with Gasteiger partial charge in [-0.25, -0.2) is 4.39 Å². The van der Waals surface area contributed by atoms with Crippen LogP contribution in [0, 0.1) is 5.82 Å². The molecule has 1 heterocycles. The van der Waals surface area contributed by atoms with Crippen molar-refractivity contribution in [1.82, 2.24) is 4.98 Å². The molecule has 0 saturated carbocycles. The van der Waals surface area contributed by atoms with Gasteiger partial charge in [-0.05, 0) is 12.1 Å². The zero-order valence-electron chi connectivity index (χ0n) is 8.33. The van der Waals surface area contributed by atoms with Gasteiger partial charge in [-0.1, -0.05) is 19.1 Å². The number of aromatic nitrogens is 1. The molecule has 2 rings (SSSR count). The first-order valence-corrected chi connectivity index (χ1v) is 4.80. The van der Waals surface area contributed by atoms with E-state index >= 15 is 0 Å². The first kappa shape index (κ1) is 9.77.